The molecule has 0 aliphatic carbocycles. The van der Waals surface area contributed by atoms with E-state index in [9.17, 15) is 5.11 Å². The largest absolute Gasteiger partial charge is 0.396 e. The van der Waals surface area contributed by atoms with Crippen LogP contribution in [-0.2, 0) is 11.2 Å². The zero-order valence-electron chi connectivity index (χ0n) is 20.3. The Labute approximate surface area is 197 Å². The van der Waals surface area contributed by atoms with Gasteiger partial charge in [-0.1, -0.05) is 0 Å². The zero-order valence-corrected chi connectivity index (χ0v) is 20.3. The fraction of sp³-hybridized carbons (Fsp3) is 0.600. The first-order valence-corrected chi connectivity index (χ1v) is 12.0. The summed E-state index contributed by atoms with van der Waals surface area (Å²) in [4.78, 5) is 18.6. The first kappa shape index (κ1) is 23.9. The highest BCUT2D eigenvalue weighted by Crippen LogP contribution is 2.32. The lowest BCUT2D eigenvalue weighted by Crippen LogP contribution is -2.44. The Morgan fingerprint density at radius 1 is 0.939 bits per heavy atom. The maximum atomic E-state index is 9.23. The quantitative estimate of drug-likeness (QED) is 0.747. The van der Waals surface area contributed by atoms with Crippen LogP contribution < -0.4 is 9.80 Å². The molecule has 180 valence electrons. The van der Waals surface area contributed by atoms with Gasteiger partial charge in [0.05, 0.1) is 13.2 Å². The lowest BCUT2D eigenvalue weighted by molar-refractivity contribution is 0.0503. The molecular formula is C25H38N6O2. The van der Waals surface area contributed by atoms with Crippen LogP contribution in [0.4, 0.5) is 11.5 Å². The second-order valence-electron chi connectivity index (χ2n) is 9.28. The highest BCUT2D eigenvalue weighted by molar-refractivity contribution is 5.64. The number of aliphatic hydroxyl groups excluding tert-OH is 1. The molecule has 0 bridgehead atoms. The number of morpholine rings is 1. The Kier molecular flexibility index (Phi) is 8.14. The number of aliphatic hydroxyl groups is 1. The van der Waals surface area contributed by atoms with Crippen molar-refractivity contribution >= 4 is 11.5 Å². The van der Waals surface area contributed by atoms with Crippen LogP contribution in [0.3, 0.4) is 0 Å². The molecule has 8 heteroatoms. The van der Waals surface area contributed by atoms with Crippen molar-refractivity contribution in [3.63, 3.8) is 0 Å². The lowest BCUT2D eigenvalue weighted by atomic mass is 10.1. The van der Waals surface area contributed by atoms with E-state index >= 15 is 0 Å². The molecule has 1 aromatic carbocycles. The van der Waals surface area contributed by atoms with E-state index in [2.05, 4.69) is 70.0 Å². The number of hydrogen-bond acceptors (Lipinski definition) is 8. The second-order valence-corrected chi connectivity index (χ2v) is 9.28. The van der Waals surface area contributed by atoms with Gasteiger partial charge in [-0.25, -0.2) is 9.97 Å². The SMILES string of the molecule is CN1CCN(c2ccc(-c3ncc4c(n3)N(C)C(CCO)C4)cc2)CC1.CN1CCOCC1. The normalized spacial score (nSPS) is 21.5. The van der Waals surface area contributed by atoms with E-state index in [-0.39, 0.29) is 6.61 Å². The third kappa shape index (κ3) is 6.00. The zero-order chi connectivity index (χ0) is 23.2. The number of fused-ring (bicyclic) bond motifs is 1. The molecule has 4 heterocycles. The van der Waals surface area contributed by atoms with Gasteiger partial charge in [0, 0.05) is 82.0 Å². The summed E-state index contributed by atoms with van der Waals surface area (Å²) >= 11 is 0. The van der Waals surface area contributed by atoms with E-state index < -0.39 is 0 Å². The van der Waals surface area contributed by atoms with Gasteiger partial charge in [0.2, 0.25) is 0 Å². The van der Waals surface area contributed by atoms with Gasteiger partial charge in [-0.15, -0.1) is 0 Å². The van der Waals surface area contributed by atoms with Crippen molar-refractivity contribution in [1.29, 1.82) is 0 Å². The van der Waals surface area contributed by atoms with Crippen LogP contribution in [0, 0.1) is 0 Å². The summed E-state index contributed by atoms with van der Waals surface area (Å²) in [5.41, 5.74) is 3.48. The number of rotatable bonds is 4. The molecule has 3 aliphatic heterocycles. The Morgan fingerprint density at radius 2 is 1.61 bits per heavy atom. The molecule has 2 fully saturated rings. The number of ether oxygens (including phenoxy) is 1. The minimum Gasteiger partial charge on any atom is -0.396 e. The Balaban J connectivity index is 0.000000318. The molecule has 33 heavy (non-hydrogen) atoms. The maximum absolute atomic E-state index is 9.23. The molecule has 1 atom stereocenters. The van der Waals surface area contributed by atoms with Gasteiger partial charge in [0.15, 0.2) is 5.82 Å². The van der Waals surface area contributed by atoms with E-state index in [1.54, 1.807) is 0 Å². The number of piperazine rings is 1. The molecule has 8 nitrogen and oxygen atoms in total. The Morgan fingerprint density at radius 3 is 2.21 bits per heavy atom. The van der Waals surface area contributed by atoms with Crippen LogP contribution >= 0.6 is 0 Å². The second kappa shape index (κ2) is 11.2. The third-order valence-electron chi connectivity index (χ3n) is 6.87. The van der Waals surface area contributed by atoms with Crippen LogP contribution in [0.5, 0.6) is 0 Å². The molecule has 2 aromatic rings. The van der Waals surface area contributed by atoms with Crippen molar-refractivity contribution in [3.05, 3.63) is 36.0 Å². The standard InChI is InChI=1S/C20H27N5O.C5H11NO/c1-23-8-10-25(11-9-23)17-5-3-15(4-6-17)19-21-14-16-13-18(7-12-26)24(2)20(16)22-19;1-6-2-4-7-5-3-6/h3-6,14,18,26H,7-13H2,1-2H3;2-5H2,1H3. The van der Waals surface area contributed by atoms with Gasteiger partial charge < -0.3 is 29.4 Å². The number of nitrogens with zero attached hydrogens (tertiary/aromatic N) is 6. The van der Waals surface area contributed by atoms with Crippen molar-refractivity contribution in [2.45, 2.75) is 18.9 Å². The van der Waals surface area contributed by atoms with E-state index in [1.807, 2.05) is 6.20 Å². The van der Waals surface area contributed by atoms with Crippen molar-refractivity contribution in [2.75, 3.05) is 90.0 Å². The van der Waals surface area contributed by atoms with Crippen LogP contribution in [0.1, 0.15) is 12.0 Å². The van der Waals surface area contributed by atoms with Crippen LogP contribution in [0.15, 0.2) is 30.5 Å². The molecule has 1 N–H and O–H groups in total. The van der Waals surface area contributed by atoms with E-state index in [4.69, 9.17) is 9.72 Å². The van der Waals surface area contributed by atoms with Crippen molar-refractivity contribution in [2.24, 2.45) is 0 Å². The monoisotopic (exact) mass is 454 g/mol. The highest BCUT2D eigenvalue weighted by Gasteiger charge is 2.28. The molecular weight excluding hydrogens is 416 g/mol. The summed E-state index contributed by atoms with van der Waals surface area (Å²) in [6.07, 6.45) is 3.62. The molecule has 0 radical (unpaired) electrons. The van der Waals surface area contributed by atoms with E-state index in [0.29, 0.717) is 6.04 Å². The number of benzene rings is 1. The molecule has 3 aliphatic rings. The fourth-order valence-corrected chi connectivity index (χ4v) is 4.54. The fourth-order valence-electron chi connectivity index (χ4n) is 4.54. The molecule has 2 saturated heterocycles. The summed E-state index contributed by atoms with van der Waals surface area (Å²) in [5, 5.41) is 9.23. The third-order valence-corrected chi connectivity index (χ3v) is 6.87. The highest BCUT2D eigenvalue weighted by atomic mass is 16.5. The van der Waals surface area contributed by atoms with Crippen molar-refractivity contribution in [1.82, 2.24) is 19.8 Å². The average Bonchev–Trinajstić information content (AvgIpc) is 3.15. The van der Waals surface area contributed by atoms with Crippen LogP contribution in [0.2, 0.25) is 0 Å². The first-order chi connectivity index (χ1) is 16.0. The predicted octanol–water partition coefficient (Wildman–Crippen LogP) is 1.59. The molecule has 0 amide bonds. The lowest BCUT2D eigenvalue weighted by Gasteiger charge is -2.34. The van der Waals surface area contributed by atoms with Crippen molar-refractivity contribution < 1.29 is 9.84 Å². The van der Waals surface area contributed by atoms with Crippen LogP contribution in [0.25, 0.3) is 11.4 Å². The summed E-state index contributed by atoms with van der Waals surface area (Å²) in [6, 6.07) is 8.91. The summed E-state index contributed by atoms with van der Waals surface area (Å²) < 4.78 is 5.10. The first-order valence-electron chi connectivity index (χ1n) is 12.0. The van der Waals surface area contributed by atoms with Crippen LogP contribution in [-0.4, -0.2) is 111 Å². The summed E-state index contributed by atoms with van der Waals surface area (Å²) in [5.74, 6) is 1.77. The number of aromatic nitrogens is 2. The number of anilines is 2. The van der Waals surface area contributed by atoms with Gasteiger partial charge in [-0.3, -0.25) is 0 Å². The summed E-state index contributed by atoms with van der Waals surface area (Å²) in [6.45, 7) is 8.59. The predicted molar refractivity (Wildman–Crippen MR) is 133 cm³/mol. The van der Waals surface area contributed by atoms with E-state index in [0.717, 1.165) is 82.5 Å². The minimum absolute atomic E-state index is 0.205. The Hall–Kier alpha value is -2.26. The Bertz CT molecular complexity index is 879. The summed E-state index contributed by atoms with van der Waals surface area (Å²) in [7, 11) is 6.34. The number of likely N-dealkylation sites (N-methyl/N-ethyl adjacent to an activating group) is 3. The molecule has 0 saturated carbocycles. The van der Waals surface area contributed by atoms with Gasteiger partial charge >= 0.3 is 0 Å². The molecule has 0 spiro atoms. The van der Waals surface area contributed by atoms with Gasteiger partial charge in [0.25, 0.3) is 0 Å². The number of hydrogen-bond donors (Lipinski definition) is 1. The molecule has 1 aromatic heterocycles. The topological polar surface area (TPSA) is 68.2 Å². The minimum atomic E-state index is 0.205. The van der Waals surface area contributed by atoms with Gasteiger partial charge in [0.1, 0.15) is 5.82 Å². The smallest absolute Gasteiger partial charge is 0.161 e. The van der Waals surface area contributed by atoms with E-state index in [1.165, 1.54) is 11.3 Å². The van der Waals surface area contributed by atoms with Crippen molar-refractivity contribution in [3.8, 4) is 11.4 Å². The molecule has 1 unspecified atom stereocenters. The van der Waals surface area contributed by atoms with Gasteiger partial charge in [-0.05, 0) is 51.2 Å². The van der Waals surface area contributed by atoms with Gasteiger partial charge in [-0.2, -0.15) is 0 Å². The average molecular weight is 455 g/mol. The molecule has 5 rings (SSSR count). The maximum Gasteiger partial charge on any atom is 0.161 e.